The lowest BCUT2D eigenvalue weighted by atomic mass is 9.93. The van der Waals surface area contributed by atoms with Crippen molar-refractivity contribution in [2.75, 3.05) is 5.32 Å². The Labute approximate surface area is 158 Å². The minimum absolute atomic E-state index is 0.163. The summed E-state index contributed by atoms with van der Waals surface area (Å²) >= 11 is 0. The van der Waals surface area contributed by atoms with Crippen LogP contribution in [0.25, 0.3) is 0 Å². The number of nitrogens with one attached hydrogen (secondary N) is 2. The zero-order valence-corrected chi connectivity index (χ0v) is 15.5. The number of nitrogens with zero attached hydrogens (tertiary/aromatic N) is 1. The van der Waals surface area contributed by atoms with Gasteiger partial charge in [-0.3, -0.25) is 24.7 Å². The van der Waals surface area contributed by atoms with Crippen LogP contribution < -0.4 is 10.6 Å². The molecule has 2 aromatic rings. The lowest BCUT2D eigenvalue weighted by Crippen LogP contribution is -2.39. The number of rotatable bonds is 5. The van der Waals surface area contributed by atoms with E-state index in [1.54, 1.807) is 0 Å². The maximum atomic E-state index is 12.2. The van der Waals surface area contributed by atoms with E-state index in [0.717, 1.165) is 23.4 Å². The number of amides is 3. The Kier molecular flexibility index (Phi) is 5.64. The Bertz CT molecular complexity index is 838. The molecule has 0 atom stereocenters. The van der Waals surface area contributed by atoms with E-state index in [9.17, 15) is 14.4 Å². The maximum Gasteiger partial charge on any atom is 0.226 e. The van der Waals surface area contributed by atoms with Crippen molar-refractivity contribution in [2.24, 2.45) is 5.92 Å². The summed E-state index contributed by atoms with van der Waals surface area (Å²) in [6, 6.07) is 11.9. The zero-order valence-electron chi connectivity index (χ0n) is 15.5. The Balaban J connectivity index is 1.56. The maximum absolute atomic E-state index is 12.2. The van der Waals surface area contributed by atoms with Crippen molar-refractivity contribution in [2.45, 2.75) is 39.5 Å². The van der Waals surface area contributed by atoms with Gasteiger partial charge in [-0.1, -0.05) is 12.1 Å². The fourth-order valence-electron chi connectivity index (χ4n) is 3.44. The van der Waals surface area contributed by atoms with Crippen molar-refractivity contribution in [3.63, 3.8) is 0 Å². The molecule has 6 heteroatoms. The van der Waals surface area contributed by atoms with Crippen molar-refractivity contribution in [3.05, 3.63) is 58.9 Å². The third-order valence-electron chi connectivity index (χ3n) is 4.49. The first-order chi connectivity index (χ1) is 12.9. The molecule has 140 valence electrons. The number of piperidine rings is 1. The number of anilines is 1. The highest BCUT2D eigenvalue weighted by molar-refractivity contribution is 5.99. The summed E-state index contributed by atoms with van der Waals surface area (Å²) < 4.78 is 0. The van der Waals surface area contributed by atoms with E-state index >= 15 is 0 Å². The fraction of sp³-hybridized carbons (Fsp3) is 0.333. The van der Waals surface area contributed by atoms with Gasteiger partial charge in [0.1, 0.15) is 0 Å². The first-order valence-electron chi connectivity index (χ1n) is 9.03. The first-order valence-corrected chi connectivity index (χ1v) is 9.03. The smallest absolute Gasteiger partial charge is 0.226 e. The molecule has 1 aliphatic rings. The second-order valence-corrected chi connectivity index (χ2v) is 7.13. The van der Waals surface area contributed by atoms with Gasteiger partial charge in [-0.2, -0.15) is 0 Å². The number of pyridine rings is 1. The third-order valence-corrected chi connectivity index (χ3v) is 4.49. The van der Waals surface area contributed by atoms with Gasteiger partial charge in [-0.25, -0.2) is 0 Å². The number of carbonyl (C=O) groups excluding carboxylic acids is 3. The zero-order chi connectivity index (χ0) is 19.4. The van der Waals surface area contributed by atoms with Crippen LogP contribution in [0.15, 0.2) is 36.4 Å². The lowest BCUT2D eigenvalue weighted by molar-refractivity contribution is -0.135. The Morgan fingerprint density at radius 1 is 1.04 bits per heavy atom. The summed E-state index contributed by atoms with van der Waals surface area (Å²) in [5.74, 6) is -1.04. The number of carbonyl (C=O) groups is 3. The van der Waals surface area contributed by atoms with Gasteiger partial charge < -0.3 is 5.32 Å². The molecule has 1 fully saturated rings. The van der Waals surface area contributed by atoms with Crippen molar-refractivity contribution in [3.8, 4) is 0 Å². The average Bonchev–Trinajstić information content (AvgIpc) is 2.54. The summed E-state index contributed by atoms with van der Waals surface area (Å²) in [4.78, 5) is 39.3. The van der Waals surface area contributed by atoms with E-state index < -0.39 is 0 Å². The van der Waals surface area contributed by atoms with E-state index in [-0.39, 0.29) is 42.9 Å². The topological polar surface area (TPSA) is 88.2 Å². The molecule has 1 aromatic heterocycles. The minimum atomic E-state index is -0.310. The molecule has 0 unspecified atom stereocenters. The fourth-order valence-corrected chi connectivity index (χ4v) is 3.44. The monoisotopic (exact) mass is 365 g/mol. The second kappa shape index (κ2) is 8.12. The number of benzene rings is 1. The van der Waals surface area contributed by atoms with Gasteiger partial charge in [0.2, 0.25) is 17.7 Å². The van der Waals surface area contributed by atoms with Crippen LogP contribution >= 0.6 is 0 Å². The molecule has 1 aliphatic heterocycles. The van der Waals surface area contributed by atoms with Crippen molar-refractivity contribution in [1.82, 2.24) is 10.3 Å². The summed E-state index contributed by atoms with van der Waals surface area (Å²) in [7, 11) is 0. The minimum Gasteiger partial charge on any atom is -0.326 e. The quantitative estimate of drug-likeness (QED) is 0.798. The molecule has 3 amide bonds. The summed E-state index contributed by atoms with van der Waals surface area (Å²) in [5, 5.41) is 5.09. The molecule has 27 heavy (non-hydrogen) atoms. The highest BCUT2D eigenvalue weighted by Crippen LogP contribution is 2.19. The highest BCUT2D eigenvalue weighted by atomic mass is 16.2. The molecular weight excluding hydrogens is 342 g/mol. The van der Waals surface area contributed by atoms with Crippen LogP contribution in [-0.2, 0) is 20.8 Å². The summed E-state index contributed by atoms with van der Waals surface area (Å²) in [6.07, 6.45) is 1.39. The van der Waals surface area contributed by atoms with Gasteiger partial charge in [-0.05, 0) is 61.6 Å². The van der Waals surface area contributed by atoms with Crippen LogP contribution in [0.2, 0.25) is 0 Å². The SMILES string of the molecule is Cc1cc(Cc2ccc(NC(=O)CC3CC(=O)NC(=O)C3)cc2)cc(C)n1. The predicted molar refractivity (Wildman–Crippen MR) is 102 cm³/mol. The number of aryl methyl sites for hydroxylation is 2. The van der Waals surface area contributed by atoms with Crippen LogP contribution in [0.1, 0.15) is 41.8 Å². The molecule has 6 nitrogen and oxygen atoms in total. The van der Waals surface area contributed by atoms with Crippen molar-refractivity contribution in [1.29, 1.82) is 0 Å². The normalized spacial score (nSPS) is 14.7. The van der Waals surface area contributed by atoms with Crippen LogP contribution in [0.5, 0.6) is 0 Å². The number of aromatic nitrogens is 1. The van der Waals surface area contributed by atoms with Gasteiger partial charge in [0, 0.05) is 36.3 Å². The molecule has 1 saturated heterocycles. The van der Waals surface area contributed by atoms with E-state index in [0.29, 0.717) is 5.69 Å². The molecule has 0 spiro atoms. The van der Waals surface area contributed by atoms with Crippen LogP contribution in [0.4, 0.5) is 5.69 Å². The van der Waals surface area contributed by atoms with Crippen molar-refractivity contribution < 1.29 is 14.4 Å². The summed E-state index contributed by atoms with van der Waals surface area (Å²) in [5.41, 5.74) is 5.06. The molecule has 0 saturated carbocycles. The predicted octanol–water partition coefficient (Wildman–Crippen LogP) is 2.67. The standard InChI is InChI=1S/C21H23N3O3/c1-13-7-16(8-14(2)22-13)9-15-3-5-18(6-4-15)23-19(25)10-17-11-20(26)24-21(27)12-17/h3-8,17H,9-12H2,1-2H3,(H,23,25)(H,24,26,27). The molecular formula is C21H23N3O3. The van der Waals surface area contributed by atoms with Gasteiger partial charge in [-0.15, -0.1) is 0 Å². The molecule has 0 aliphatic carbocycles. The summed E-state index contributed by atoms with van der Waals surface area (Å²) in [6.45, 7) is 3.97. The van der Waals surface area contributed by atoms with Crippen LogP contribution in [-0.4, -0.2) is 22.7 Å². The molecule has 3 rings (SSSR count). The van der Waals surface area contributed by atoms with E-state index in [4.69, 9.17) is 0 Å². The number of imide groups is 1. The van der Waals surface area contributed by atoms with Crippen LogP contribution in [0, 0.1) is 19.8 Å². The Hall–Kier alpha value is -3.02. The average molecular weight is 365 g/mol. The van der Waals surface area contributed by atoms with Gasteiger partial charge >= 0.3 is 0 Å². The van der Waals surface area contributed by atoms with Gasteiger partial charge in [0.15, 0.2) is 0 Å². The van der Waals surface area contributed by atoms with Gasteiger partial charge in [0.05, 0.1) is 0 Å². The second-order valence-electron chi connectivity index (χ2n) is 7.13. The molecule has 0 bridgehead atoms. The molecule has 2 heterocycles. The number of hydrogen-bond acceptors (Lipinski definition) is 4. The third kappa shape index (κ3) is 5.48. The molecule has 0 radical (unpaired) electrons. The Morgan fingerprint density at radius 2 is 1.63 bits per heavy atom. The van der Waals surface area contributed by atoms with Gasteiger partial charge in [0.25, 0.3) is 0 Å². The van der Waals surface area contributed by atoms with E-state index in [2.05, 4.69) is 27.8 Å². The first kappa shape index (κ1) is 18.8. The van der Waals surface area contributed by atoms with Crippen LogP contribution in [0.3, 0.4) is 0 Å². The molecule has 2 N–H and O–H groups in total. The number of hydrogen-bond donors (Lipinski definition) is 2. The van der Waals surface area contributed by atoms with E-state index in [1.807, 2.05) is 38.1 Å². The molecule has 1 aromatic carbocycles. The van der Waals surface area contributed by atoms with Crippen molar-refractivity contribution >= 4 is 23.4 Å². The Morgan fingerprint density at radius 3 is 2.22 bits per heavy atom. The lowest BCUT2D eigenvalue weighted by Gasteiger charge is -2.20. The van der Waals surface area contributed by atoms with E-state index in [1.165, 1.54) is 5.56 Å². The largest absolute Gasteiger partial charge is 0.326 e. The highest BCUT2D eigenvalue weighted by Gasteiger charge is 2.26.